The fourth-order valence-electron chi connectivity index (χ4n) is 3.91. The van der Waals surface area contributed by atoms with Gasteiger partial charge in [0.15, 0.2) is 0 Å². The van der Waals surface area contributed by atoms with Crippen LogP contribution in [0.2, 0.25) is 5.02 Å². The van der Waals surface area contributed by atoms with Crippen molar-refractivity contribution in [3.05, 3.63) is 88.5 Å². The highest BCUT2D eigenvalue weighted by atomic mass is 35.5. The van der Waals surface area contributed by atoms with E-state index in [0.29, 0.717) is 34.9 Å². The highest BCUT2D eigenvalue weighted by Crippen LogP contribution is 2.43. The standard InChI is InChI=1S/C26H22ClNO6/c1-3-34-19-11-6-16(7-12-19)24(30)22-23(15-4-9-18(29)10-5-15)28(26(32)25(22)31)17-8-13-21(33-2)20(27)14-17/h4-14,23,29-30H,3H2,1-2H3/b24-22+. The van der Waals surface area contributed by atoms with E-state index in [1.165, 1.54) is 30.2 Å². The van der Waals surface area contributed by atoms with Gasteiger partial charge in [0, 0.05) is 11.3 Å². The number of aliphatic hydroxyl groups excluding tert-OH is 1. The number of aromatic hydroxyl groups is 1. The molecule has 3 aromatic rings. The monoisotopic (exact) mass is 479 g/mol. The SMILES string of the molecule is CCOc1ccc(/C(O)=C2\C(=O)C(=O)N(c3ccc(OC)c(Cl)c3)C2c2ccc(O)cc2)cc1. The number of methoxy groups -OCH3 is 1. The summed E-state index contributed by atoms with van der Waals surface area (Å²) in [5.74, 6) is -0.912. The van der Waals surface area contributed by atoms with Crippen molar-refractivity contribution in [2.75, 3.05) is 18.6 Å². The molecule has 4 rings (SSSR count). The molecule has 0 aromatic heterocycles. The molecule has 0 aliphatic carbocycles. The van der Waals surface area contributed by atoms with Gasteiger partial charge in [-0.2, -0.15) is 0 Å². The van der Waals surface area contributed by atoms with Crippen molar-refractivity contribution in [2.45, 2.75) is 13.0 Å². The highest BCUT2D eigenvalue weighted by molar-refractivity contribution is 6.51. The molecular weight excluding hydrogens is 458 g/mol. The minimum Gasteiger partial charge on any atom is -0.508 e. The van der Waals surface area contributed by atoms with Crippen LogP contribution in [0.5, 0.6) is 17.2 Å². The fourth-order valence-corrected chi connectivity index (χ4v) is 4.16. The normalized spacial score (nSPS) is 17.1. The summed E-state index contributed by atoms with van der Waals surface area (Å²) in [4.78, 5) is 27.7. The number of nitrogens with zero attached hydrogens (tertiary/aromatic N) is 1. The fraction of sp³-hybridized carbons (Fsp3) is 0.154. The maximum atomic E-state index is 13.2. The lowest BCUT2D eigenvalue weighted by atomic mass is 9.95. The lowest BCUT2D eigenvalue weighted by molar-refractivity contribution is -0.132. The molecule has 2 N–H and O–H groups in total. The van der Waals surface area contributed by atoms with Crippen molar-refractivity contribution in [3.8, 4) is 17.2 Å². The molecule has 1 atom stereocenters. The number of hydrogen-bond acceptors (Lipinski definition) is 6. The average molecular weight is 480 g/mol. The second kappa shape index (κ2) is 9.49. The van der Waals surface area contributed by atoms with Gasteiger partial charge in [-0.05, 0) is 67.1 Å². The Morgan fingerprint density at radius 1 is 1.03 bits per heavy atom. The minimum atomic E-state index is -0.948. The molecule has 1 amide bonds. The first-order valence-corrected chi connectivity index (χ1v) is 10.9. The molecule has 174 valence electrons. The van der Waals surface area contributed by atoms with Crippen LogP contribution in [-0.4, -0.2) is 35.6 Å². The zero-order valence-corrected chi connectivity index (χ0v) is 19.2. The van der Waals surface area contributed by atoms with Crippen molar-refractivity contribution in [2.24, 2.45) is 0 Å². The molecule has 1 saturated heterocycles. The quantitative estimate of drug-likeness (QED) is 0.291. The van der Waals surface area contributed by atoms with Crippen LogP contribution >= 0.6 is 11.6 Å². The predicted molar refractivity (Wildman–Crippen MR) is 129 cm³/mol. The Kier molecular flexibility index (Phi) is 6.47. The van der Waals surface area contributed by atoms with Crippen molar-refractivity contribution >= 4 is 34.7 Å². The lowest BCUT2D eigenvalue weighted by Crippen LogP contribution is -2.29. The second-order valence-electron chi connectivity index (χ2n) is 7.54. The van der Waals surface area contributed by atoms with E-state index in [9.17, 15) is 19.8 Å². The second-order valence-corrected chi connectivity index (χ2v) is 7.94. The van der Waals surface area contributed by atoms with Crippen molar-refractivity contribution in [3.63, 3.8) is 0 Å². The summed E-state index contributed by atoms with van der Waals surface area (Å²) < 4.78 is 10.6. The number of phenols is 1. The number of hydrogen-bond donors (Lipinski definition) is 2. The summed E-state index contributed by atoms with van der Waals surface area (Å²) in [7, 11) is 1.47. The molecule has 0 spiro atoms. The lowest BCUT2D eigenvalue weighted by Gasteiger charge is -2.26. The van der Waals surface area contributed by atoms with E-state index in [1.807, 2.05) is 6.92 Å². The molecule has 0 radical (unpaired) electrons. The molecule has 8 heteroatoms. The third-order valence-electron chi connectivity index (χ3n) is 5.51. The third-order valence-corrected chi connectivity index (χ3v) is 5.80. The topological polar surface area (TPSA) is 96.3 Å². The number of amides is 1. The van der Waals surface area contributed by atoms with E-state index in [4.69, 9.17) is 21.1 Å². The number of ether oxygens (including phenoxy) is 2. The Morgan fingerprint density at radius 3 is 2.29 bits per heavy atom. The van der Waals surface area contributed by atoms with Crippen LogP contribution < -0.4 is 14.4 Å². The third kappa shape index (κ3) is 4.18. The van der Waals surface area contributed by atoms with E-state index in [-0.39, 0.29) is 22.1 Å². The van der Waals surface area contributed by atoms with Crippen LogP contribution in [0.25, 0.3) is 5.76 Å². The van der Waals surface area contributed by atoms with Crippen LogP contribution in [0.15, 0.2) is 72.3 Å². The van der Waals surface area contributed by atoms with Crippen LogP contribution in [0.1, 0.15) is 24.1 Å². The summed E-state index contributed by atoms with van der Waals surface area (Å²) in [5, 5.41) is 21.2. The average Bonchev–Trinajstić information content (AvgIpc) is 3.10. The number of carbonyl (C=O) groups is 2. The maximum absolute atomic E-state index is 13.2. The number of ketones is 1. The van der Waals surface area contributed by atoms with Crippen molar-refractivity contribution in [1.82, 2.24) is 0 Å². The van der Waals surface area contributed by atoms with Crippen LogP contribution in [-0.2, 0) is 9.59 Å². The number of anilines is 1. The number of aliphatic hydroxyl groups is 1. The van der Waals surface area contributed by atoms with E-state index in [2.05, 4.69) is 0 Å². The Morgan fingerprint density at radius 2 is 1.71 bits per heavy atom. The van der Waals surface area contributed by atoms with Gasteiger partial charge in [0.25, 0.3) is 11.7 Å². The Hall–Kier alpha value is -3.97. The van der Waals surface area contributed by atoms with Gasteiger partial charge in [-0.25, -0.2) is 0 Å². The van der Waals surface area contributed by atoms with E-state index in [1.54, 1.807) is 48.5 Å². The number of Topliss-reactive ketones (excluding diaryl/α,β-unsaturated/α-hetero) is 1. The molecule has 34 heavy (non-hydrogen) atoms. The summed E-state index contributed by atoms with van der Waals surface area (Å²) in [5.41, 5.74) is 1.16. The van der Waals surface area contributed by atoms with Crippen LogP contribution in [0, 0.1) is 0 Å². The Balaban J connectivity index is 1.88. The number of halogens is 1. The number of carbonyl (C=O) groups excluding carboxylic acids is 2. The van der Waals surface area contributed by atoms with E-state index < -0.39 is 17.7 Å². The van der Waals surface area contributed by atoms with Crippen molar-refractivity contribution in [1.29, 1.82) is 0 Å². The Labute approximate surface area is 201 Å². The zero-order chi connectivity index (χ0) is 24.4. The number of rotatable bonds is 6. The van der Waals surface area contributed by atoms with Gasteiger partial charge in [-0.3, -0.25) is 14.5 Å². The smallest absolute Gasteiger partial charge is 0.300 e. The number of phenolic OH excluding ortho intramolecular Hbond substituents is 1. The molecule has 0 bridgehead atoms. The van der Waals surface area contributed by atoms with Gasteiger partial charge >= 0.3 is 0 Å². The van der Waals surface area contributed by atoms with Gasteiger partial charge in [0.2, 0.25) is 0 Å². The maximum Gasteiger partial charge on any atom is 0.300 e. The molecule has 1 heterocycles. The summed E-state index contributed by atoms with van der Waals surface area (Å²) >= 11 is 6.29. The van der Waals surface area contributed by atoms with Gasteiger partial charge in [0.1, 0.15) is 23.0 Å². The molecular formula is C26H22ClNO6. The van der Waals surface area contributed by atoms with Gasteiger partial charge in [-0.15, -0.1) is 0 Å². The summed E-state index contributed by atoms with van der Waals surface area (Å²) in [6.07, 6.45) is 0. The molecule has 1 unspecified atom stereocenters. The molecule has 1 aliphatic heterocycles. The van der Waals surface area contributed by atoms with Gasteiger partial charge < -0.3 is 19.7 Å². The predicted octanol–water partition coefficient (Wildman–Crippen LogP) is 5.08. The van der Waals surface area contributed by atoms with Gasteiger partial charge in [0.05, 0.1) is 30.4 Å². The first-order chi connectivity index (χ1) is 16.3. The van der Waals surface area contributed by atoms with Crippen LogP contribution in [0.3, 0.4) is 0 Å². The molecule has 1 aliphatic rings. The Bertz CT molecular complexity index is 1270. The minimum absolute atomic E-state index is 0.0275. The summed E-state index contributed by atoms with van der Waals surface area (Å²) in [6.45, 7) is 2.35. The first-order valence-electron chi connectivity index (χ1n) is 10.5. The largest absolute Gasteiger partial charge is 0.508 e. The zero-order valence-electron chi connectivity index (χ0n) is 18.5. The van der Waals surface area contributed by atoms with E-state index in [0.717, 1.165) is 0 Å². The molecule has 7 nitrogen and oxygen atoms in total. The molecule has 1 fully saturated rings. The van der Waals surface area contributed by atoms with Crippen molar-refractivity contribution < 1.29 is 29.3 Å². The van der Waals surface area contributed by atoms with Gasteiger partial charge in [-0.1, -0.05) is 23.7 Å². The van der Waals surface area contributed by atoms with Crippen LogP contribution in [0.4, 0.5) is 5.69 Å². The number of benzene rings is 3. The molecule has 3 aromatic carbocycles. The van der Waals surface area contributed by atoms with E-state index >= 15 is 0 Å². The highest BCUT2D eigenvalue weighted by Gasteiger charge is 2.47. The molecule has 0 saturated carbocycles. The first kappa shape index (κ1) is 23.2. The summed E-state index contributed by atoms with van der Waals surface area (Å²) in [6, 6.07) is 16.5.